The zero-order valence-electron chi connectivity index (χ0n) is 15.2. The van der Waals surface area contributed by atoms with Gasteiger partial charge in [0.2, 0.25) is 11.8 Å². The van der Waals surface area contributed by atoms with Gasteiger partial charge in [-0.1, -0.05) is 5.16 Å². The summed E-state index contributed by atoms with van der Waals surface area (Å²) in [5, 5.41) is 4.00. The number of rotatable bonds is 7. The van der Waals surface area contributed by atoms with Crippen molar-refractivity contribution < 1.29 is 18.8 Å². The Morgan fingerprint density at radius 3 is 3.15 bits per heavy atom. The minimum Gasteiger partial charge on any atom is -0.477 e. The second-order valence-electron chi connectivity index (χ2n) is 6.17. The number of carbonyl (C=O) groups is 1. The van der Waals surface area contributed by atoms with E-state index in [0.717, 1.165) is 12.8 Å². The van der Waals surface area contributed by atoms with Crippen LogP contribution in [0.15, 0.2) is 22.9 Å². The molecule has 1 fully saturated rings. The van der Waals surface area contributed by atoms with E-state index in [4.69, 9.17) is 14.0 Å². The number of piperidine rings is 1. The number of hydrogen-bond donors (Lipinski definition) is 0. The summed E-state index contributed by atoms with van der Waals surface area (Å²) in [6, 6.07) is 3.50. The van der Waals surface area contributed by atoms with E-state index in [9.17, 15) is 4.79 Å². The minimum absolute atomic E-state index is 0.0451. The van der Waals surface area contributed by atoms with Crippen LogP contribution in [0.3, 0.4) is 0 Å². The number of amides is 1. The molecule has 0 aliphatic carbocycles. The van der Waals surface area contributed by atoms with Gasteiger partial charge < -0.3 is 18.9 Å². The number of methoxy groups -OCH3 is 1. The molecular weight excluding hydrogens is 336 g/mol. The van der Waals surface area contributed by atoms with Crippen LogP contribution in [0.4, 0.5) is 0 Å². The molecule has 8 heteroatoms. The Morgan fingerprint density at radius 1 is 1.46 bits per heavy atom. The molecule has 0 N–H and O–H groups in total. The third kappa shape index (κ3) is 4.19. The fourth-order valence-corrected chi connectivity index (χ4v) is 3.07. The average molecular weight is 360 g/mol. The molecule has 2 aromatic heterocycles. The van der Waals surface area contributed by atoms with Crippen LogP contribution < -0.4 is 4.74 Å². The van der Waals surface area contributed by atoms with Gasteiger partial charge in [0.25, 0.3) is 5.91 Å². The first-order valence-corrected chi connectivity index (χ1v) is 8.91. The van der Waals surface area contributed by atoms with Crippen molar-refractivity contribution in [1.29, 1.82) is 0 Å². The third-order valence-corrected chi connectivity index (χ3v) is 4.35. The van der Waals surface area contributed by atoms with Gasteiger partial charge in [0, 0.05) is 32.8 Å². The van der Waals surface area contributed by atoms with Crippen molar-refractivity contribution in [3.05, 3.63) is 35.6 Å². The van der Waals surface area contributed by atoms with Gasteiger partial charge in [-0.2, -0.15) is 4.98 Å². The highest BCUT2D eigenvalue weighted by molar-refractivity contribution is 5.96. The lowest BCUT2D eigenvalue weighted by Gasteiger charge is -2.31. The van der Waals surface area contributed by atoms with Crippen LogP contribution in [0.25, 0.3) is 0 Å². The fraction of sp³-hybridized carbons (Fsp3) is 0.556. The van der Waals surface area contributed by atoms with E-state index in [1.165, 1.54) is 0 Å². The van der Waals surface area contributed by atoms with Crippen molar-refractivity contribution in [2.24, 2.45) is 0 Å². The monoisotopic (exact) mass is 360 g/mol. The summed E-state index contributed by atoms with van der Waals surface area (Å²) in [6.45, 7) is 4.13. The standard InChI is InChI=1S/C18H24N4O4/c1-3-25-17-14(7-4-9-19-17)18(23)22-10-5-6-13(12-22)16-20-15(21-26-16)8-11-24-2/h4,7,9,13H,3,5-6,8,10-12H2,1-2H3/t13-/m1/s1. The summed E-state index contributed by atoms with van der Waals surface area (Å²) in [7, 11) is 1.64. The number of aromatic nitrogens is 3. The first-order valence-electron chi connectivity index (χ1n) is 8.91. The summed E-state index contributed by atoms with van der Waals surface area (Å²) in [5.41, 5.74) is 0.487. The molecule has 1 aliphatic rings. The highest BCUT2D eigenvalue weighted by atomic mass is 16.5. The van der Waals surface area contributed by atoms with Gasteiger partial charge in [-0.05, 0) is 31.9 Å². The number of nitrogens with zero attached hydrogens (tertiary/aromatic N) is 4. The van der Waals surface area contributed by atoms with Gasteiger partial charge in [0.1, 0.15) is 5.56 Å². The van der Waals surface area contributed by atoms with Crippen molar-refractivity contribution in [3.63, 3.8) is 0 Å². The van der Waals surface area contributed by atoms with Crippen LogP contribution >= 0.6 is 0 Å². The Bertz CT molecular complexity index is 733. The second-order valence-corrected chi connectivity index (χ2v) is 6.17. The average Bonchev–Trinajstić information content (AvgIpc) is 3.16. The van der Waals surface area contributed by atoms with Gasteiger partial charge in [-0.3, -0.25) is 4.79 Å². The quantitative estimate of drug-likeness (QED) is 0.746. The van der Waals surface area contributed by atoms with E-state index in [1.54, 1.807) is 25.4 Å². The Kier molecular flexibility index (Phi) is 6.17. The Hall–Kier alpha value is -2.48. The van der Waals surface area contributed by atoms with E-state index < -0.39 is 0 Å². The molecule has 0 spiro atoms. The first-order chi connectivity index (χ1) is 12.7. The molecule has 3 heterocycles. The van der Waals surface area contributed by atoms with Crippen molar-refractivity contribution in [1.82, 2.24) is 20.0 Å². The summed E-state index contributed by atoms with van der Waals surface area (Å²) < 4.78 is 15.9. The van der Waals surface area contributed by atoms with Gasteiger partial charge >= 0.3 is 0 Å². The molecular formula is C18H24N4O4. The summed E-state index contributed by atoms with van der Waals surface area (Å²) in [6.07, 6.45) is 4.04. The molecule has 0 radical (unpaired) electrons. The molecule has 26 heavy (non-hydrogen) atoms. The molecule has 0 bridgehead atoms. The Labute approximate surface area is 152 Å². The zero-order valence-corrected chi connectivity index (χ0v) is 15.2. The van der Waals surface area contributed by atoms with E-state index in [-0.39, 0.29) is 11.8 Å². The number of hydrogen-bond acceptors (Lipinski definition) is 7. The fourth-order valence-electron chi connectivity index (χ4n) is 3.07. The lowest BCUT2D eigenvalue weighted by atomic mass is 9.97. The van der Waals surface area contributed by atoms with Crippen LogP contribution in [-0.2, 0) is 11.2 Å². The van der Waals surface area contributed by atoms with E-state index in [0.29, 0.717) is 55.9 Å². The number of likely N-dealkylation sites (tertiary alicyclic amines) is 1. The van der Waals surface area contributed by atoms with Crippen molar-refractivity contribution in [2.45, 2.75) is 32.1 Å². The second kappa shape index (κ2) is 8.75. The van der Waals surface area contributed by atoms with Gasteiger partial charge in [-0.25, -0.2) is 4.98 Å². The molecule has 140 valence electrons. The summed E-state index contributed by atoms with van der Waals surface area (Å²) in [5.74, 6) is 1.57. The molecule has 0 saturated carbocycles. The maximum atomic E-state index is 12.9. The summed E-state index contributed by atoms with van der Waals surface area (Å²) >= 11 is 0. The van der Waals surface area contributed by atoms with E-state index >= 15 is 0 Å². The molecule has 8 nitrogen and oxygen atoms in total. The summed E-state index contributed by atoms with van der Waals surface area (Å²) in [4.78, 5) is 23.4. The smallest absolute Gasteiger partial charge is 0.259 e. The van der Waals surface area contributed by atoms with Crippen molar-refractivity contribution in [3.8, 4) is 5.88 Å². The molecule has 0 aromatic carbocycles. The lowest BCUT2D eigenvalue weighted by Crippen LogP contribution is -2.39. The SMILES string of the molecule is CCOc1ncccc1C(=O)N1CCC[C@@H](c2nc(CCOC)no2)C1. The minimum atomic E-state index is -0.0784. The van der Waals surface area contributed by atoms with Gasteiger partial charge in [0.05, 0.1) is 19.1 Å². The Morgan fingerprint density at radius 2 is 2.35 bits per heavy atom. The molecule has 3 rings (SSSR count). The third-order valence-electron chi connectivity index (χ3n) is 4.35. The number of pyridine rings is 1. The van der Waals surface area contributed by atoms with Crippen LogP contribution in [0.5, 0.6) is 5.88 Å². The number of carbonyl (C=O) groups excluding carboxylic acids is 1. The molecule has 1 saturated heterocycles. The van der Waals surface area contributed by atoms with Crippen LogP contribution in [-0.4, -0.2) is 59.3 Å². The first kappa shape index (κ1) is 18.3. The van der Waals surface area contributed by atoms with E-state index in [1.807, 2.05) is 11.8 Å². The van der Waals surface area contributed by atoms with Gasteiger partial charge in [0.15, 0.2) is 5.82 Å². The molecule has 1 amide bonds. The van der Waals surface area contributed by atoms with E-state index in [2.05, 4.69) is 15.1 Å². The molecule has 2 aromatic rings. The zero-order chi connectivity index (χ0) is 18.4. The van der Waals surface area contributed by atoms with Crippen LogP contribution in [0.1, 0.15) is 47.8 Å². The topological polar surface area (TPSA) is 90.6 Å². The van der Waals surface area contributed by atoms with Crippen molar-refractivity contribution >= 4 is 5.91 Å². The maximum absolute atomic E-state index is 12.9. The molecule has 0 unspecified atom stereocenters. The van der Waals surface area contributed by atoms with Gasteiger partial charge in [-0.15, -0.1) is 0 Å². The molecule has 1 aliphatic heterocycles. The highest BCUT2D eigenvalue weighted by Crippen LogP contribution is 2.28. The lowest BCUT2D eigenvalue weighted by molar-refractivity contribution is 0.0690. The highest BCUT2D eigenvalue weighted by Gasteiger charge is 2.30. The Balaban J connectivity index is 1.70. The van der Waals surface area contributed by atoms with Crippen LogP contribution in [0, 0.1) is 0 Å². The normalized spacial score (nSPS) is 17.3. The predicted molar refractivity (Wildman–Crippen MR) is 93.2 cm³/mol. The number of ether oxygens (including phenoxy) is 2. The van der Waals surface area contributed by atoms with Crippen LogP contribution in [0.2, 0.25) is 0 Å². The maximum Gasteiger partial charge on any atom is 0.259 e. The molecule has 1 atom stereocenters. The van der Waals surface area contributed by atoms with Crippen molar-refractivity contribution in [2.75, 3.05) is 33.4 Å². The largest absolute Gasteiger partial charge is 0.477 e. The predicted octanol–water partition coefficient (Wildman–Crippen LogP) is 2.07.